The van der Waals surface area contributed by atoms with E-state index in [9.17, 15) is 4.79 Å². The lowest BCUT2D eigenvalue weighted by molar-refractivity contribution is -0.123. The summed E-state index contributed by atoms with van der Waals surface area (Å²) in [6.45, 7) is 3.60. The van der Waals surface area contributed by atoms with Gasteiger partial charge in [0.1, 0.15) is 0 Å². The normalized spacial score (nSPS) is 15.9. The molecule has 7 heteroatoms. The zero-order valence-electron chi connectivity index (χ0n) is 15.9. The SMILES string of the molecule is COc1ccccc1OCC(=O)NC[C@H](c1cccn1C)N1CCOCC1. The minimum atomic E-state index is -0.159. The molecular formula is C20H27N3O4. The lowest BCUT2D eigenvalue weighted by Crippen LogP contribution is -2.45. The summed E-state index contributed by atoms with van der Waals surface area (Å²) in [5, 5.41) is 3.00. The minimum Gasteiger partial charge on any atom is -0.493 e. The van der Waals surface area contributed by atoms with Gasteiger partial charge in [0.25, 0.3) is 5.91 Å². The summed E-state index contributed by atoms with van der Waals surface area (Å²) in [5.41, 5.74) is 1.17. The van der Waals surface area contributed by atoms with E-state index in [1.807, 2.05) is 31.4 Å². The second-order valence-electron chi connectivity index (χ2n) is 6.45. The highest BCUT2D eigenvalue weighted by molar-refractivity contribution is 5.77. The largest absolute Gasteiger partial charge is 0.493 e. The third-order valence-electron chi connectivity index (χ3n) is 4.73. The van der Waals surface area contributed by atoms with Crippen LogP contribution in [0.1, 0.15) is 11.7 Å². The molecule has 0 radical (unpaired) electrons. The maximum atomic E-state index is 12.3. The van der Waals surface area contributed by atoms with E-state index < -0.39 is 0 Å². The van der Waals surface area contributed by atoms with Crippen LogP contribution in [0.4, 0.5) is 0 Å². The Hall–Kier alpha value is -2.51. The molecule has 1 saturated heterocycles. The van der Waals surface area contributed by atoms with Crippen LogP contribution >= 0.6 is 0 Å². The van der Waals surface area contributed by atoms with E-state index >= 15 is 0 Å². The predicted octanol–water partition coefficient (Wildman–Crippen LogP) is 1.60. The second-order valence-corrected chi connectivity index (χ2v) is 6.45. The molecule has 1 aromatic heterocycles. The van der Waals surface area contributed by atoms with Gasteiger partial charge >= 0.3 is 0 Å². The average molecular weight is 373 g/mol. The van der Waals surface area contributed by atoms with Gasteiger partial charge < -0.3 is 24.1 Å². The number of hydrogen-bond donors (Lipinski definition) is 1. The van der Waals surface area contributed by atoms with Crippen molar-refractivity contribution in [3.8, 4) is 11.5 Å². The molecule has 0 bridgehead atoms. The van der Waals surface area contributed by atoms with Gasteiger partial charge in [-0.25, -0.2) is 0 Å². The van der Waals surface area contributed by atoms with E-state index in [0.29, 0.717) is 31.3 Å². The zero-order valence-corrected chi connectivity index (χ0v) is 15.9. The van der Waals surface area contributed by atoms with Crippen molar-refractivity contribution in [2.45, 2.75) is 6.04 Å². The van der Waals surface area contributed by atoms with Crippen molar-refractivity contribution in [3.63, 3.8) is 0 Å². The molecular weight excluding hydrogens is 346 g/mol. The van der Waals surface area contributed by atoms with Crippen molar-refractivity contribution < 1.29 is 19.0 Å². The molecule has 0 unspecified atom stereocenters. The van der Waals surface area contributed by atoms with Crippen molar-refractivity contribution in [1.82, 2.24) is 14.8 Å². The van der Waals surface area contributed by atoms with Crippen LogP contribution in [0.25, 0.3) is 0 Å². The maximum absolute atomic E-state index is 12.3. The molecule has 146 valence electrons. The molecule has 27 heavy (non-hydrogen) atoms. The zero-order chi connectivity index (χ0) is 19.1. The summed E-state index contributed by atoms with van der Waals surface area (Å²) >= 11 is 0. The van der Waals surface area contributed by atoms with Crippen molar-refractivity contribution >= 4 is 5.91 Å². The molecule has 1 N–H and O–H groups in total. The van der Waals surface area contributed by atoms with Crippen LogP contribution in [-0.4, -0.2) is 61.9 Å². The van der Waals surface area contributed by atoms with Crippen molar-refractivity contribution in [1.29, 1.82) is 0 Å². The molecule has 1 amide bonds. The molecule has 3 rings (SSSR count). The first-order chi connectivity index (χ1) is 13.2. The number of carbonyl (C=O) groups excluding carboxylic acids is 1. The third kappa shape index (κ3) is 5.02. The number of rotatable bonds is 8. The van der Waals surface area contributed by atoms with Crippen molar-refractivity contribution in [2.24, 2.45) is 7.05 Å². The van der Waals surface area contributed by atoms with E-state index in [1.165, 1.54) is 5.69 Å². The number of nitrogens with zero attached hydrogens (tertiary/aromatic N) is 2. The number of aryl methyl sites for hydroxylation is 1. The first-order valence-electron chi connectivity index (χ1n) is 9.14. The summed E-state index contributed by atoms with van der Waals surface area (Å²) in [5.74, 6) is 1.01. The Labute approximate surface area is 159 Å². The van der Waals surface area contributed by atoms with Gasteiger partial charge in [-0.2, -0.15) is 0 Å². The highest BCUT2D eigenvalue weighted by Gasteiger charge is 2.25. The lowest BCUT2D eigenvalue weighted by Gasteiger charge is -2.35. The first kappa shape index (κ1) is 19.3. The molecule has 2 heterocycles. The van der Waals surface area contributed by atoms with E-state index in [0.717, 1.165) is 13.1 Å². The second kappa shape index (κ2) is 9.43. The topological polar surface area (TPSA) is 65.0 Å². The van der Waals surface area contributed by atoms with Crippen LogP contribution in [0.3, 0.4) is 0 Å². The van der Waals surface area contributed by atoms with Gasteiger partial charge in [0.05, 0.1) is 26.4 Å². The highest BCUT2D eigenvalue weighted by Crippen LogP contribution is 2.25. The summed E-state index contributed by atoms with van der Waals surface area (Å²) < 4.78 is 18.4. The van der Waals surface area contributed by atoms with Crippen LogP contribution in [-0.2, 0) is 16.6 Å². The average Bonchev–Trinajstić information content (AvgIpc) is 3.13. The monoisotopic (exact) mass is 373 g/mol. The van der Waals surface area contributed by atoms with Crippen molar-refractivity contribution in [3.05, 3.63) is 48.3 Å². The van der Waals surface area contributed by atoms with Crippen LogP contribution in [0, 0.1) is 0 Å². The fourth-order valence-electron chi connectivity index (χ4n) is 3.27. The predicted molar refractivity (Wildman–Crippen MR) is 102 cm³/mol. The standard InChI is InChI=1S/C20H27N3O4/c1-22-9-5-6-16(22)17(23-10-12-26-13-11-23)14-21-20(24)15-27-19-8-4-3-7-18(19)25-2/h3-9,17H,10-15H2,1-2H3,(H,21,24)/t17-/m1/s1. The van der Waals surface area contributed by atoms with Gasteiger partial charge in [0.15, 0.2) is 18.1 Å². The minimum absolute atomic E-state index is 0.0522. The number of hydrogen-bond acceptors (Lipinski definition) is 5. The Balaban J connectivity index is 1.58. The number of ether oxygens (including phenoxy) is 3. The number of benzene rings is 1. The molecule has 1 aromatic carbocycles. The molecule has 2 aromatic rings. The number of amides is 1. The van der Waals surface area contributed by atoms with Crippen LogP contribution in [0.2, 0.25) is 0 Å². The van der Waals surface area contributed by atoms with Gasteiger partial charge in [-0.3, -0.25) is 9.69 Å². The van der Waals surface area contributed by atoms with E-state index in [4.69, 9.17) is 14.2 Å². The van der Waals surface area contributed by atoms with Crippen LogP contribution in [0.15, 0.2) is 42.6 Å². The number of carbonyl (C=O) groups is 1. The number of methoxy groups -OCH3 is 1. The molecule has 1 aliphatic rings. The summed E-state index contributed by atoms with van der Waals surface area (Å²) in [6, 6.07) is 11.5. The number of para-hydroxylation sites is 2. The Morgan fingerprint density at radius 1 is 1.19 bits per heavy atom. The summed E-state index contributed by atoms with van der Waals surface area (Å²) in [6.07, 6.45) is 2.02. The van der Waals surface area contributed by atoms with E-state index in [2.05, 4.69) is 20.9 Å². The third-order valence-corrected chi connectivity index (χ3v) is 4.73. The fourth-order valence-corrected chi connectivity index (χ4v) is 3.27. The highest BCUT2D eigenvalue weighted by atomic mass is 16.5. The number of nitrogens with one attached hydrogen (secondary N) is 1. The Morgan fingerprint density at radius 2 is 1.93 bits per heavy atom. The first-order valence-corrected chi connectivity index (χ1v) is 9.14. The van der Waals surface area contributed by atoms with Gasteiger partial charge in [0, 0.05) is 38.6 Å². The molecule has 0 spiro atoms. The van der Waals surface area contributed by atoms with Gasteiger partial charge in [-0.1, -0.05) is 12.1 Å². The number of aromatic nitrogens is 1. The van der Waals surface area contributed by atoms with Gasteiger partial charge in [-0.15, -0.1) is 0 Å². The summed E-state index contributed by atoms with van der Waals surface area (Å²) in [4.78, 5) is 14.7. The van der Waals surface area contributed by atoms with E-state index in [1.54, 1.807) is 19.2 Å². The van der Waals surface area contributed by atoms with Crippen LogP contribution < -0.4 is 14.8 Å². The quantitative estimate of drug-likeness (QED) is 0.762. The smallest absolute Gasteiger partial charge is 0.258 e. The van der Waals surface area contributed by atoms with Crippen LogP contribution in [0.5, 0.6) is 11.5 Å². The Morgan fingerprint density at radius 3 is 2.59 bits per heavy atom. The Kier molecular flexibility index (Phi) is 6.73. The lowest BCUT2D eigenvalue weighted by atomic mass is 10.1. The number of morpholine rings is 1. The fraction of sp³-hybridized carbons (Fsp3) is 0.450. The molecule has 1 aliphatic heterocycles. The van der Waals surface area contributed by atoms with Crippen molar-refractivity contribution in [2.75, 3.05) is 46.6 Å². The van der Waals surface area contributed by atoms with Gasteiger partial charge in [0.2, 0.25) is 0 Å². The molecule has 0 aliphatic carbocycles. The molecule has 1 fully saturated rings. The molecule has 1 atom stereocenters. The molecule has 7 nitrogen and oxygen atoms in total. The summed E-state index contributed by atoms with van der Waals surface area (Å²) in [7, 11) is 3.60. The Bertz CT molecular complexity index is 740. The van der Waals surface area contributed by atoms with E-state index in [-0.39, 0.29) is 18.6 Å². The maximum Gasteiger partial charge on any atom is 0.258 e. The molecule has 0 saturated carbocycles. The van der Waals surface area contributed by atoms with Gasteiger partial charge in [-0.05, 0) is 24.3 Å².